The number of hydrogen-bond donors (Lipinski definition) is 0. The maximum Gasteiger partial charge on any atom is 0.218 e. The van der Waals surface area contributed by atoms with Gasteiger partial charge in [-0.15, -0.1) is 0 Å². The van der Waals surface area contributed by atoms with Crippen molar-refractivity contribution in [3.8, 4) is 17.0 Å². The van der Waals surface area contributed by atoms with Crippen LogP contribution in [0.3, 0.4) is 0 Å². The normalized spacial score (nSPS) is 19.5. The summed E-state index contributed by atoms with van der Waals surface area (Å²) in [6.45, 7) is 1.42. The van der Waals surface area contributed by atoms with Gasteiger partial charge in [0.2, 0.25) is 5.88 Å². The summed E-state index contributed by atoms with van der Waals surface area (Å²) in [6, 6.07) is 5.05. The number of fused-ring (bicyclic) bond motifs is 1. The van der Waals surface area contributed by atoms with E-state index >= 15 is 0 Å². The van der Waals surface area contributed by atoms with Crippen LogP contribution in [0.4, 0.5) is 8.78 Å². The quantitative estimate of drug-likeness (QED) is 0.787. The summed E-state index contributed by atoms with van der Waals surface area (Å²) in [6.07, 6.45) is 4.01. The average Bonchev–Trinajstić information content (AvgIpc) is 3.38. The molecule has 1 aliphatic heterocycles. The van der Waals surface area contributed by atoms with Gasteiger partial charge >= 0.3 is 0 Å². The Hall–Kier alpha value is -2.30. The van der Waals surface area contributed by atoms with Gasteiger partial charge in [0.1, 0.15) is 23.4 Å². The van der Waals surface area contributed by atoms with Gasteiger partial charge in [-0.25, -0.2) is 13.8 Å². The van der Waals surface area contributed by atoms with Gasteiger partial charge in [-0.3, -0.25) is 4.79 Å². The molecule has 0 saturated heterocycles. The van der Waals surface area contributed by atoms with Gasteiger partial charge in [0, 0.05) is 24.1 Å². The fourth-order valence-electron chi connectivity index (χ4n) is 3.30. The van der Waals surface area contributed by atoms with Crippen LogP contribution in [0, 0.1) is 17.6 Å². The van der Waals surface area contributed by atoms with E-state index in [4.69, 9.17) is 4.74 Å². The lowest BCUT2D eigenvalue weighted by molar-refractivity contribution is 0.100. The third-order valence-corrected chi connectivity index (χ3v) is 4.76. The van der Waals surface area contributed by atoms with Gasteiger partial charge in [0.15, 0.2) is 5.78 Å². The van der Waals surface area contributed by atoms with Gasteiger partial charge < -0.3 is 4.74 Å². The SMILES string of the molecule is CC(=O)c1cc(-c2ccc(F)cc2F)c2c(n1)O[C@@H](C1CC1)CC2. The number of ketones is 1. The molecule has 4 rings (SSSR count). The number of carbonyl (C=O) groups excluding carboxylic acids is 1. The second kappa shape index (κ2) is 5.65. The molecule has 0 spiro atoms. The van der Waals surface area contributed by atoms with E-state index in [9.17, 15) is 13.6 Å². The van der Waals surface area contributed by atoms with Crippen molar-refractivity contribution in [1.82, 2.24) is 4.98 Å². The van der Waals surface area contributed by atoms with Crippen LogP contribution in [0.25, 0.3) is 11.1 Å². The Morgan fingerprint density at radius 3 is 2.62 bits per heavy atom. The van der Waals surface area contributed by atoms with E-state index in [2.05, 4.69) is 4.98 Å². The highest BCUT2D eigenvalue weighted by atomic mass is 19.1. The second-order valence-corrected chi connectivity index (χ2v) is 6.55. The first-order valence-corrected chi connectivity index (χ1v) is 8.20. The number of Topliss-reactive ketones (excluding diaryl/α,β-unsaturated/α-hetero) is 1. The van der Waals surface area contributed by atoms with Crippen molar-refractivity contribution in [1.29, 1.82) is 0 Å². The van der Waals surface area contributed by atoms with E-state index in [1.165, 1.54) is 19.1 Å². The minimum absolute atomic E-state index is 0.123. The molecule has 1 aromatic heterocycles. The molecule has 2 heterocycles. The molecular formula is C19H17F2NO2. The Balaban J connectivity index is 1.85. The lowest BCUT2D eigenvalue weighted by Gasteiger charge is -2.27. The summed E-state index contributed by atoms with van der Waals surface area (Å²) in [5.74, 6) is -0.506. The maximum atomic E-state index is 14.3. The molecule has 24 heavy (non-hydrogen) atoms. The monoisotopic (exact) mass is 329 g/mol. The number of aromatic nitrogens is 1. The van der Waals surface area contributed by atoms with E-state index in [-0.39, 0.29) is 23.1 Å². The summed E-state index contributed by atoms with van der Waals surface area (Å²) >= 11 is 0. The molecule has 5 heteroatoms. The zero-order valence-corrected chi connectivity index (χ0v) is 13.3. The predicted octanol–water partition coefficient (Wildman–Crippen LogP) is 4.33. The molecule has 124 valence electrons. The van der Waals surface area contributed by atoms with Gasteiger partial charge in [-0.1, -0.05) is 0 Å². The molecule has 1 saturated carbocycles. The summed E-state index contributed by atoms with van der Waals surface area (Å²) in [7, 11) is 0. The molecule has 0 bridgehead atoms. The first-order valence-electron chi connectivity index (χ1n) is 8.20. The fraction of sp³-hybridized carbons (Fsp3) is 0.368. The maximum absolute atomic E-state index is 14.3. The minimum Gasteiger partial charge on any atom is -0.474 e. The highest BCUT2D eigenvalue weighted by Gasteiger charge is 2.36. The number of nitrogens with zero attached hydrogens (tertiary/aromatic N) is 1. The molecule has 1 atom stereocenters. The van der Waals surface area contributed by atoms with Gasteiger partial charge in [0.05, 0.1) is 0 Å². The highest BCUT2D eigenvalue weighted by molar-refractivity contribution is 5.94. The minimum atomic E-state index is -0.651. The van der Waals surface area contributed by atoms with Crippen LogP contribution in [0.1, 0.15) is 42.2 Å². The third kappa shape index (κ3) is 2.68. The van der Waals surface area contributed by atoms with E-state index < -0.39 is 11.6 Å². The Morgan fingerprint density at radius 1 is 1.17 bits per heavy atom. The molecule has 0 radical (unpaired) electrons. The van der Waals surface area contributed by atoms with Crippen LogP contribution in [0.5, 0.6) is 5.88 Å². The lowest BCUT2D eigenvalue weighted by Crippen LogP contribution is -2.26. The fourth-order valence-corrected chi connectivity index (χ4v) is 3.30. The Kier molecular flexibility index (Phi) is 3.59. The topological polar surface area (TPSA) is 39.2 Å². The number of halogens is 2. The van der Waals surface area contributed by atoms with Crippen molar-refractivity contribution in [3.63, 3.8) is 0 Å². The molecule has 0 amide bonds. The molecule has 1 fully saturated rings. The first kappa shape index (κ1) is 15.2. The van der Waals surface area contributed by atoms with E-state index in [0.717, 1.165) is 30.9 Å². The van der Waals surface area contributed by atoms with Crippen LogP contribution in [0.2, 0.25) is 0 Å². The molecule has 1 aliphatic carbocycles. The largest absolute Gasteiger partial charge is 0.474 e. The molecule has 0 N–H and O–H groups in total. The summed E-state index contributed by atoms with van der Waals surface area (Å²) in [4.78, 5) is 16.1. The van der Waals surface area contributed by atoms with Crippen LogP contribution >= 0.6 is 0 Å². The summed E-state index contributed by atoms with van der Waals surface area (Å²) in [5, 5.41) is 0. The van der Waals surface area contributed by atoms with Crippen molar-refractivity contribution in [2.45, 2.75) is 38.7 Å². The molecule has 2 aliphatic rings. The van der Waals surface area contributed by atoms with Crippen molar-refractivity contribution in [2.24, 2.45) is 5.92 Å². The number of hydrogen-bond acceptors (Lipinski definition) is 3. The van der Waals surface area contributed by atoms with E-state index in [1.54, 1.807) is 6.07 Å². The number of pyridine rings is 1. The predicted molar refractivity (Wildman–Crippen MR) is 85.1 cm³/mol. The van der Waals surface area contributed by atoms with E-state index in [0.29, 0.717) is 23.8 Å². The zero-order chi connectivity index (χ0) is 16.8. The van der Waals surface area contributed by atoms with Crippen molar-refractivity contribution in [3.05, 3.63) is 47.2 Å². The number of ether oxygens (including phenoxy) is 1. The van der Waals surface area contributed by atoms with Crippen LogP contribution < -0.4 is 4.74 Å². The third-order valence-electron chi connectivity index (χ3n) is 4.76. The molecule has 1 aromatic carbocycles. The molecule has 3 nitrogen and oxygen atoms in total. The van der Waals surface area contributed by atoms with Crippen LogP contribution in [0.15, 0.2) is 24.3 Å². The standard InChI is InChI=1S/C19H17F2NO2/c1-10(23)17-9-15(13-5-4-12(20)8-16(13)21)14-6-7-18(11-2-3-11)24-19(14)22-17/h4-5,8-9,11,18H,2-3,6-7H2,1H3/t18-/m1/s1. The Labute approximate surface area is 138 Å². The van der Waals surface area contributed by atoms with E-state index in [1.807, 2.05) is 0 Å². The zero-order valence-electron chi connectivity index (χ0n) is 13.3. The molecular weight excluding hydrogens is 312 g/mol. The van der Waals surface area contributed by atoms with Gasteiger partial charge in [0.25, 0.3) is 0 Å². The summed E-state index contributed by atoms with van der Waals surface area (Å²) in [5.41, 5.74) is 1.87. The molecule has 2 aromatic rings. The number of carbonyl (C=O) groups is 1. The first-order chi connectivity index (χ1) is 11.5. The smallest absolute Gasteiger partial charge is 0.218 e. The van der Waals surface area contributed by atoms with Crippen molar-refractivity contribution >= 4 is 5.78 Å². The highest BCUT2D eigenvalue weighted by Crippen LogP contribution is 2.42. The molecule has 0 unspecified atom stereocenters. The van der Waals surface area contributed by atoms with Crippen molar-refractivity contribution in [2.75, 3.05) is 0 Å². The van der Waals surface area contributed by atoms with Crippen LogP contribution in [-0.4, -0.2) is 16.9 Å². The number of rotatable bonds is 3. The average molecular weight is 329 g/mol. The lowest BCUT2D eigenvalue weighted by atomic mass is 9.92. The second-order valence-electron chi connectivity index (χ2n) is 6.55. The van der Waals surface area contributed by atoms with Crippen LogP contribution in [-0.2, 0) is 6.42 Å². The van der Waals surface area contributed by atoms with Gasteiger partial charge in [-0.05, 0) is 55.4 Å². The van der Waals surface area contributed by atoms with Gasteiger partial charge in [-0.2, -0.15) is 0 Å². The number of benzene rings is 1. The van der Waals surface area contributed by atoms with Crippen molar-refractivity contribution < 1.29 is 18.3 Å². The Morgan fingerprint density at radius 2 is 1.96 bits per heavy atom. The summed E-state index contributed by atoms with van der Waals surface area (Å²) < 4.78 is 33.5. The Bertz CT molecular complexity index is 830.